The maximum Gasteiger partial charge on any atom is 0.167 e. The summed E-state index contributed by atoms with van der Waals surface area (Å²) in [4.78, 5) is 14.9. The van der Waals surface area contributed by atoms with E-state index in [2.05, 4.69) is 12.1 Å². The number of aromatic nitrogens is 3. The van der Waals surface area contributed by atoms with Crippen molar-refractivity contribution in [2.24, 2.45) is 0 Å². The van der Waals surface area contributed by atoms with E-state index in [0.717, 1.165) is 33.0 Å². The maximum atomic E-state index is 8.88. The van der Waals surface area contributed by atoms with Crippen molar-refractivity contribution in [3.05, 3.63) is 164 Å². The van der Waals surface area contributed by atoms with E-state index in [1.54, 1.807) is 24.3 Å². The molecule has 0 aliphatic rings. The first-order chi connectivity index (χ1) is 27.7. The van der Waals surface area contributed by atoms with Gasteiger partial charge in [0.05, 0.1) is 15.2 Å². The van der Waals surface area contributed by atoms with E-state index in [1.807, 2.05) is 84.9 Å². The highest BCUT2D eigenvalue weighted by molar-refractivity contribution is 6.10. The van der Waals surface area contributed by atoms with Crippen LogP contribution in [-0.2, 0) is 0 Å². The molecule has 50 heavy (non-hydrogen) atoms. The Morgan fingerprint density at radius 2 is 0.940 bits per heavy atom. The molecule has 0 bridgehead atoms. The van der Waals surface area contributed by atoms with Gasteiger partial charge < -0.3 is 8.83 Å². The quantitative estimate of drug-likeness (QED) is 0.186. The predicted molar refractivity (Wildman–Crippen MR) is 202 cm³/mol. The van der Waals surface area contributed by atoms with E-state index < -0.39 is 18.1 Å². The Labute approximate surface area is 297 Å². The number of fused-ring (bicyclic) bond motifs is 6. The van der Waals surface area contributed by atoms with E-state index in [1.165, 1.54) is 0 Å². The molecule has 3 heterocycles. The highest BCUT2D eigenvalue weighted by Crippen LogP contribution is 2.38. The standard InChI is InChI=1S/C45H27N3O2/c1-2-10-28(11-3-1)29-20-24-31(25-21-29)43-46-44(48-45(47-43)38-17-9-16-37-35-13-5-7-19-40(35)50-42(37)38)32-26-22-30(23-27-32)33-14-8-15-36-34-12-4-6-18-39(34)49-41(33)36/h1-27H/i4D,6D,8D,12D,14D,15D,18D. The molecule has 0 atom stereocenters. The fourth-order valence-electron chi connectivity index (χ4n) is 6.44. The molecule has 0 unspecified atom stereocenters. The molecular formula is C45H27N3O2. The number of benzene rings is 7. The van der Waals surface area contributed by atoms with Gasteiger partial charge in [0, 0.05) is 38.2 Å². The van der Waals surface area contributed by atoms with Crippen LogP contribution in [0.25, 0.3) is 100 Å². The summed E-state index contributed by atoms with van der Waals surface area (Å²) in [5, 5.41) is 1.98. The lowest BCUT2D eigenvalue weighted by Gasteiger charge is -2.10. The van der Waals surface area contributed by atoms with Crippen molar-refractivity contribution < 1.29 is 18.4 Å². The maximum absolute atomic E-state index is 8.88. The molecular weight excluding hydrogens is 615 g/mol. The number of rotatable bonds is 5. The minimum Gasteiger partial charge on any atom is -0.455 e. The van der Waals surface area contributed by atoms with Crippen molar-refractivity contribution >= 4 is 43.9 Å². The van der Waals surface area contributed by atoms with Gasteiger partial charge in [0.2, 0.25) is 0 Å². The summed E-state index contributed by atoms with van der Waals surface area (Å²) in [7, 11) is 0. The van der Waals surface area contributed by atoms with Gasteiger partial charge in [-0.25, -0.2) is 15.0 Å². The lowest BCUT2D eigenvalue weighted by molar-refractivity contribution is 0.669. The van der Waals surface area contributed by atoms with Crippen molar-refractivity contribution in [1.29, 1.82) is 0 Å². The average Bonchev–Trinajstić information content (AvgIpc) is 3.84. The molecule has 0 saturated carbocycles. The lowest BCUT2D eigenvalue weighted by atomic mass is 10.0. The molecule has 10 aromatic rings. The number of hydrogen-bond donors (Lipinski definition) is 0. The summed E-state index contributed by atoms with van der Waals surface area (Å²) in [5.41, 5.74) is 6.25. The normalized spacial score (nSPS) is 13.6. The van der Waals surface area contributed by atoms with E-state index >= 15 is 0 Å². The summed E-state index contributed by atoms with van der Waals surface area (Å²) in [5.74, 6) is 1.25. The molecule has 0 saturated heterocycles. The first-order valence-electron chi connectivity index (χ1n) is 19.5. The van der Waals surface area contributed by atoms with Crippen LogP contribution in [0.2, 0.25) is 0 Å². The molecule has 3 aromatic heterocycles. The first kappa shape index (κ1) is 21.9. The van der Waals surface area contributed by atoms with Gasteiger partial charge in [-0.3, -0.25) is 0 Å². The summed E-state index contributed by atoms with van der Waals surface area (Å²) in [6.45, 7) is 0. The topological polar surface area (TPSA) is 65.0 Å². The van der Waals surface area contributed by atoms with Crippen molar-refractivity contribution in [2.45, 2.75) is 0 Å². The summed E-state index contributed by atoms with van der Waals surface area (Å²) >= 11 is 0. The van der Waals surface area contributed by atoms with E-state index in [4.69, 9.17) is 33.4 Å². The largest absolute Gasteiger partial charge is 0.455 e. The van der Waals surface area contributed by atoms with Crippen LogP contribution in [0.5, 0.6) is 0 Å². The minimum atomic E-state index is -0.471. The van der Waals surface area contributed by atoms with E-state index in [0.29, 0.717) is 39.7 Å². The van der Waals surface area contributed by atoms with Gasteiger partial charge >= 0.3 is 0 Å². The van der Waals surface area contributed by atoms with Crippen molar-refractivity contribution in [3.63, 3.8) is 0 Å². The first-order valence-corrected chi connectivity index (χ1v) is 16.0. The third-order valence-corrected chi connectivity index (χ3v) is 8.90. The third-order valence-electron chi connectivity index (χ3n) is 8.90. The molecule has 5 heteroatoms. The van der Waals surface area contributed by atoms with Crippen molar-refractivity contribution in [1.82, 2.24) is 15.0 Å². The van der Waals surface area contributed by atoms with Gasteiger partial charge in [-0.2, -0.15) is 0 Å². The second-order valence-electron chi connectivity index (χ2n) is 11.9. The molecule has 5 nitrogen and oxygen atoms in total. The Balaban J connectivity index is 1.14. The van der Waals surface area contributed by atoms with Crippen molar-refractivity contribution in [2.75, 3.05) is 0 Å². The van der Waals surface area contributed by atoms with Crippen LogP contribution in [0.3, 0.4) is 0 Å². The number of hydrogen-bond acceptors (Lipinski definition) is 5. The number of nitrogens with zero attached hydrogens (tertiary/aromatic N) is 3. The average molecular weight is 649 g/mol. The van der Waals surface area contributed by atoms with Crippen LogP contribution in [-0.4, -0.2) is 15.0 Å². The van der Waals surface area contributed by atoms with Crippen LogP contribution in [0, 0.1) is 0 Å². The molecule has 0 N–H and O–H groups in total. The van der Waals surface area contributed by atoms with Crippen LogP contribution in [0.1, 0.15) is 9.60 Å². The molecule has 234 valence electrons. The highest BCUT2D eigenvalue weighted by Gasteiger charge is 2.18. The Kier molecular flexibility index (Phi) is 4.99. The second kappa shape index (κ2) is 11.4. The van der Waals surface area contributed by atoms with E-state index in [-0.39, 0.29) is 51.7 Å². The van der Waals surface area contributed by atoms with Gasteiger partial charge in [0.1, 0.15) is 22.3 Å². The zero-order valence-corrected chi connectivity index (χ0v) is 26.2. The van der Waals surface area contributed by atoms with Gasteiger partial charge in [-0.15, -0.1) is 0 Å². The highest BCUT2D eigenvalue weighted by atomic mass is 16.3. The van der Waals surface area contributed by atoms with Crippen molar-refractivity contribution in [3.8, 4) is 56.4 Å². The van der Waals surface area contributed by atoms with Crippen LogP contribution in [0.15, 0.2) is 172 Å². The van der Waals surface area contributed by atoms with Crippen LogP contribution < -0.4 is 0 Å². The second-order valence-corrected chi connectivity index (χ2v) is 11.9. The smallest absolute Gasteiger partial charge is 0.167 e. The van der Waals surface area contributed by atoms with E-state index in [9.17, 15) is 0 Å². The minimum absolute atomic E-state index is 0.00823. The third kappa shape index (κ3) is 4.67. The van der Waals surface area contributed by atoms with Gasteiger partial charge in [-0.1, -0.05) is 145 Å². The SMILES string of the molecule is [2H]c1c([2H])c([2H])c2c(oc3c(-c4ccc(-c5nc(-c6ccc(-c7ccccc7)cc6)nc(-c6cccc7c6oc6ccccc67)n5)cc4)c([2H])c([2H])c([2H])c32)c1[2H]. The number of furan rings is 2. The van der Waals surface area contributed by atoms with Crippen LogP contribution in [0.4, 0.5) is 0 Å². The predicted octanol–water partition coefficient (Wildman–Crippen LogP) is 12.0. The zero-order chi connectivity index (χ0) is 39.1. The fraction of sp³-hybridized carbons (Fsp3) is 0. The monoisotopic (exact) mass is 648 g/mol. The lowest BCUT2D eigenvalue weighted by Crippen LogP contribution is -2.00. The molecule has 10 rings (SSSR count). The molecule has 0 spiro atoms. The molecule has 0 amide bonds. The zero-order valence-electron chi connectivity index (χ0n) is 33.2. The molecule has 7 aromatic carbocycles. The van der Waals surface area contributed by atoms with Gasteiger partial charge in [-0.05, 0) is 34.9 Å². The summed E-state index contributed by atoms with van der Waals surface area (Å²) in [6, 6.07) is 36.2. The Morgan fingerprint density at radius 3 is 1.74 bits per heavy atom. The Bertz CT molecular complexity index is 3250. The van der Waals surface area contributed by atoms with Crippen LogP contribution >= 0.6 is 0 Å². The molecule has 0 aliphatic carbocycles. The summed E-state index contributed by atoms with van der Waals surface area (Å²) in [6.07, 6.45) is 0. The Morgan fingerprint density at radius 1 is 0.360 bits per heavy atom. The number of para-hydroxylation sites is 4. The molecule has 0 radical (unpaired) electrons. The Hall–Kier alpha value is -6.85. The van der Waals surface area contributed by atoms with Gasteiger partial charge in [0.15, 0.2) is 17.5 Å². The van der Waals surface area contributed by atoms with Gasteiger partial charge in [0.25, 0.3) is 0 Å². The fourth-order valence-corrected chi connectivity index (χ4v) is 6.44. The molecule has 0 aliphatic heterocycles. The molecule has 0 fully saturated rings. The summed E-state index contributed by atoms with van der Waals surface area (Å²) < 4.78 is 72.0.